The van der Waals surface area contributed by atoms with E-state index in [0.717, 1.165) is 5.71 Å². The van der Waals surface area contributed by atoms with Crippen LogP contribution in [-0.4, -0.2) is 18.6 Å². The monoisotopic (exact) mass is 234 g/mol. The topological polar surface area (TPSA) is 62.8 Å². The highest BCUT2D eigenvalue weighted by molar-refractivity contribution is 6.03. The molecule has 17 heavy (non-hydrogen) atoms. The van der Waals surface area contributed by atoms with Gasteiger partial charge >= 0.3 is 0 Å². The second kappa shape index (κ2) is 6.03. The van der Waals surface area contributed by atoms with Gasteiger partial charge in [-0.15, -0.1) is 0 Å². The molecule has 4 nitrogen and oxygen atoms in total. The van der Waals surface area contributed by atoms with Gasteiger partial charge in [-0.1, -0.05) is 46.6 Å². The molecule has 3 N–H and O–H groups in total. The molecule has 0 fully saturated rings. The van der Waals surface area contributed by atoms with Gasteiger partial charge in [0.1, 0.15) is 5.84 Å². The van der Waals surface area contributed by atoms with E-state index in [-0.39, 0.29) is 11.3 Å². The third-order valence-corrected chi connectivity index (χ3v) is 2.11. The molecule has 0 saturated heterocycles. The second-order valence-corrected chi connectivity index (χ2v) is 4.64. The fraction of sp³-hybridized carbons (Fsp3) is 0.385. The van der Waals surface area contributed by atoms with Crippen LogP contribution in [0.1, 0.15) is 20.8 Å². The second-order valence-electron chi connectivity index (χ2n) is 4.64. The van der Waals surface area contributed by atoms with Crippen LogP contribution in [0.25, 0.3) is 0 Å². The number of hydrazone groups is 1. The van der Waals surface area contributed by atoms with Crippen LogP contribution >= 0.6 is 0 Å². The molecule has 0 aliphatic carbocycles. The van der Waals surface area contributed by atoms with E-state index < -0.39 is 0 Å². The predicted octanol–water partition coefficient (Wildman–Crippen LogP) is 2.22. The number of nitrogens with one attached hydrogen (secondary N) is 1. The molecule has 0 radical (unpaired) electrons. The molecule has 0 amide bonds. The first-order chi connectivity index (χ1) is 7.73. The molecule has 0 heterocycles. The van der Waals surface area contributed by atoms with Crippen molar-refractivity contribution in [2.24, 2.45) is 21.2 Å². The van der Waals surface area contributed by atoms with Crippen LogP contribution in [0.2, 0.25) is 0 Å². The van der Waals surface area contributed by atoms with Gasteiger partial charge in [0.25, 0.3) is 0 Å². The summed E-state index contributed by atoms with van der Waals surface area (Å²) < 4.78 is 0. The van der Waals surface area contributed by atoms with Gasteiger partial charge in [-0.2, -0.15) is 5.10 Å². The van der Waals surface area contributed by atoms with Gasteiger partial charge in [0, 0.05) is 18.0 Å². The molecule has 0 bridgehead atoms. The number of rotatable bonds is 5. The summed E-state index contributed by atoms with van der Waals surface area (Å²) >= 11 is 0. The standard InChI is InChI=1S/C13H22N4/c1-8-9(2)12(14)17-16-10(3)11(15-7)13(4,5)6/h8,16H,1-3H2,4-7H3,(H2,14,17)/b15-11+. The minimum absolute atomic E-state index is 0.0986. The van der Waals surface area contributed by atoms with Gasteiger partial charge < -0.3 is 5.73 Å². The van der Waals surface area contributed by atoms with Crippen molar-refractivity contribution in [1.29, 1.82) is 0 Å². The third kappa shape index (κ3) is 4.68. The Hall–Kier alpha value is -1.84. The summed E-state index contributed by atoms with van der Waals surface area (Å²) in [4.78, 5) is 4.20. The maximum absolute atomic E-state index is 5.66. The van der Waals surface area contributed by atoms with E-state index >= 15 is 0 Å². The minimum Gasteiger partial charge on any atom is -0.382 e. The molecular weight excluding hydrogens is 212 g/mol. The third-order valence-electron chi connectivity index (χ3n) is 2.11. The van der Waals surface area contributed by atoms with Gasteiger partial charge in [0.05, 0.1) is 11.4 Å². The molecule has 0 saturated carbocycles. The zero-order chi connectivity index (χ0) is 13.6. The Morgan fingerprint density at radius 1 is 1.29 bits per heavy atom. The summed E-state index contributed by atoms with van der Waals surface area (Å²) in [5.41, 5.74) is 10.4. The normalized spacial score (nSPS) is 13.2. The van der Waals surface area contributed by atoms with Crippen LogP contribution in [0.15, 0.2) is 47.2 Å². The lowest BCUT2D eigenvalue weighted by Gasteiger charge is -2.22. The highest BCUT2D eigenvalue weighted by atomic mass is 15.3. The molecule has 0 aromatic carbocycles. The average molecular weight is 234 g/mol. The highest BCUT2D eigenvalue weighted by Crippen LogP contribution is 2.19. The molecule has 0 aromatic heterocycles. The number of allylic oxidation sites excluding steroid dienone is 1. The first-order valence-electron chi connectivity index (χ1n) is 5.31. The van der Waals surface area contributed by atoms with Crippen LogP contribution < -0.4 is 11.2 Å². The lowest BCUT2D eigenvalue weighted by molar-refractivity contribution is 0.585. The van der Waals surface area contributed by atoms with Gasteiger partial charge in [-0.05, 0) is 0 Å². The molecular formula is C13H22N4. The zero-order valence-corrected chi connectivity index (χ0v) is 11.2. The van der Waals surface area contributed by atoms with Crippen molar-refractivity contribution in [3.8, 4) is 0 Å². The smallest absolute Gasteiger partial charge is 0.150 e. The summed E-state index contributed by atoms with van der Waals surface area (Å²) in [5.74, 6) is 0.283. The molecule has 94 valence electrons. The van der Waals surface area contributed by atoms with Crippen LogP contribution in [0.3, 0.4) is 0 Å². The molecule has 0 spiro atoms. The van der Waals surface area contributed by atoms with Crippen molar-refractivity contribution < 1.29 is 0 Å². The Balaban J connectivity index is 4.78. The van der Waals surface area contributed by atoms with Crippen LogP contribution in [0.5, 0.6) is 0 Å². The maximum Gasteiger partial charge on any atom is 0.150 e. The lowest BCUT2D eigenvalue weighted by atomic mass is 9.88. The number of nitrogens with zero attached hydrogens (tertiary/aromatic N) is 2. The van der Waals surface area contributed by atoms with Crippen LogP contribution in [-0.2, 0) is 0 Å². The summed E-state index contributed by atoms with van der Waals surface area (Å²) in [5, 5.41) is 3.97. The van der Waals surface area contributed by atoms with Gasteiger partial charge in [-0.3, -0.25) is 10.4 Å². The quantitative estimate of drug-likeness (QED) is 0.331. The molecule has 0 aliphatic rings. The number of aliphatic imine (C=N–C) groups is 1. The number of hydrogen-bond acceptors (Lipinski definition) is 3. The molecule has 4 heteroatoms. The first-order valence-corrected chi connectivity index (χ1v) is 5.31. The Bertz CT molecular complexity index is 381. The Morgan fingerprint density at radius 3 is 2.18 bits per heavy atom. The summed E-state index contributed by atoms with van der Waals surface area (Å²) in [6, 6.07) is 0. The largest absolute Gasteiger partial charge is 0.382 e. The Kier molecular flexibility index (Phi) is 5.38. The van der Waals surface area contributed by atoms with Gasteiger partial charge in [0.2, 0.25) is 0 Å². The predicted molar refractivity (Wildman–Crippen MR) is 76.0 cm³/mol. The maximum atomic E-state index is 5.66. The van der Waals surface area contributed by atoms with Crippen molar-refractivity contribution in [2.45, 2.75) is 20.8 Å². The number of amidine groups is 1. The first kappa shape index (κ1) is 15.2. The SMILES string of the molecule is C=CC(=C)/C(N)=N\NC(=C)/C(=N\C)C(C)(C)C. The van der Waals surface area contributed by atoms with E-state index in [2.05, 4.69) is 56.0 Å². The zero-order valence-electron chi connectivity index (χ0n) is 11.2. The molecule has 0 aliphatic heterocycles. The van der Waals surface area contributed by atoms with Crippen LogP contribution in [0, 0.1) is 5.41 Å². The van der Waals surface area contributed by atoms with E-state index in [1.54, 1.807) is 13.1 Å². The van der Waals surface area contributed by atoms with Gasteiger partial charge in [-0.25, -0.2) is 0 Å². The van der Waals surface area contributed by atoms with E-state index in [1.165, 1.54) is 0 Å². The van der Waals surface area contributed by atoms with Crippen molar-refractivity contribution in [1.82, 2.24) is 5.43 Å². The minimum atomic E-state index is -0.0986. The summed E-state index contributed by atoms with van der Waals surface area (Å²) in [6.45, 7) is 17.3. The lowest BCUT2D eigenvalue weighted by Crippen LogP contribution is -2.29. The van der Waals surface area contributed by atoms with Crippen molar-refractivity contribution >= 4 is 11.5 Å². The van der Waals surface area contributed by atoms with E-state index in [9.17, 15) is 0 Å². The fourth-order valence-electron chi connectivity index (χ4n) is 1.28. The molecule has 0 atom stereocenters. The van der Waals surface area contributed by atoms with Crippen LogP contribution in [0.4, 0.5) is 0 Å². The van der Waals surface area contributed by atoms with Gasteiger partial charge in [0.15, 0.2) is 0 Å². The van der Waals surface area contributed by atoms with E-state index in [1.807, 2.05) is 0 Å². The molecule has 0 rings (SSSR count). The average Bonchev–Trinajstić information content (AvgIpc) is 2.23. The fourth-order valence-corrected chi connectivity index (χ4v) is 1.28. The highest BCUT2D eigenvalue weighted by Gasteiger charge is 2.20. The van der Waals surface area contributed by atoms with E-state index in [0.29, 0.717) is 11.3 Å². The summed E-state index contributed by atoms with van der Waals surface area (Å²) in [6.07, 6.45) is 1.54. The Labute approximate surface area is 104 Å². The van der Waals surface area contributed by atoms with Crippen molar-refractivity contribution in [3.63, 3.8) is 0 Å². The molecule has 0 aromatic rings. The number of nitrogens with two attached hydrogens (primary N) is 1. The summed E-state index contributed by atoms with van der Waals surface area (Å²) in [7, 11) is 1.73. The number of hydrogen-bond donors (Lipinski definition) is 2. The van der Waals surface area contributed by atoms with E-state index in [4.69, 9.17) is 5.73 Å². The molecule has 0 unspecified atom stereocenters. The van der Waals surface area contributed by atoms with Crippen molar-refractivity contribution in [2.75, 3.05) is 7.05 Å². The van der Waals surface area contributed by atoms with Crippen molar-refractivity contribution in [3.05, 3.63) is 37.1 Å². The Morgan fingerprint density at radius 2 is 1.82 bits per heavy atom.